The molecule has 1 heterocycles. The van der Waals surface area contributed by atoms with Crippen LogP contribution < -0.4 is 0 Å². The average Bonchev–Trinajstić information content (AvgIpc) is 2.38. The van der Waals surface area contributed by atoms with Gasteiger partial charge in [-0.3, -0.25) is 4.79 Å². The number of nitrogens with zero attached hydrogens (tertiary/aromatic N) is 2. The fraction of sp³-hybridized carbons (Fsp3) is 0. The molecular weight excluding hydrogens is 148 g/mol. The summed E-state index contributed by atoms with van der Waals surface area (Å²) in [5, 5.41) is 1.79. The first kappa shape index (κ1) is 6.86. The first-order valence-corrected chi connectivity index (χ1v) is 3.48. The number of rotatable bonds is 2. The highest BCUT2D eigenvalue weighted by Gasteiger charge is 2.05. The van der Waals surface area contributed by atoms with E-state index in [2.05, 4.69) is 4.79 Å². The molecule has 0 aliphatic carbocycles. The fourth-order valence-electron chi connectivity index (χ4n) is 0.535. The van der Waals surface area contributed by atoms with Crippen molar-refractivity contribution in [3.8, 4) is 0 Å². The third-order valence-electron chi connectivity index (χ3n) is 0.939. The number of carbonyl (C=O) groups excluding carboxylic acids is 1. The van der Waals surface area contributed by atoms with E-state index < -0.39 is 0 Å². The van der Waals surface area contributed by atoms with Gasteiger partial charge < -0.3 is 5.53 Å². The minimum atomic E-state index is -0.266. The number of thiophene rings is 1. The summed E-state index contributed by atoms with van der Waals surface area (Å²) in [6.07, 6.45) is 0.881. The lowest BCUT2D eigenvalue weighted by Crippen LogP contribution is -1.96. The van der Waals surface area contributed by atoms with Crippen molar-refractivity contribution in [2.24, 2.45) is 0 Å². The quantitative estimate of drug-likeness (QED) is 0.272. The van der Waals surface area contributed by atoms with Crippen LogP contribution in [0.2, 0.25) is 0 Å². The van der Waals surface area contributed by atoms with Gasteiger partial charge >= 0.3 is 6.21 Å². The van der Waals surface area contributed by atoms with E-state index in [1.54, 1.807) is 17.5 Å². The Morgan fingerprint density at radius 3 is 3.10 bits per heavy atom. The third-order valence-corrected chi connectivity index (χ3v) is 1.82. The number of hydrogen-bond acceptors (Lipinski definition) is 2. The standard InChI is InChI=1S/C6H4N2OS/c7-8-4-5(9)6-2-1-3-10-6/h1-4H. The van der Waals surface area contributed by atoms with Crippen LogP contribution in [0.25, 0.3) is 5.53 Å². The van der Waals surface area contributed by atoms with Crippen LogP contribution in [-0.4, -0.2) is 16.8 Å². The zero-order valence-corrected chi connectivity index (χ0v) is 5.84. The molecule has 1 aromatic rings. The summed E-state index contributed by atoms with van der Waals surface area (Å²) in [6.45, 7) is 0. The van der Waals surface area contributed by atoms with Crippen molar-refractivity contribution in [1.29, 1.82) is 0 Å². The van der Waals surface area contributed by atoms with Gasteiger partial charge in [0.05, 0.1) is 4.88 Å². The second-order valence-corrected chi connectivity index (χ2v) is 2.53. The monoisotopic (exact) mass is 152 g/mol. The lowest BCUT2D eigenvalue weighted by molar-refractivity contribution is 0.00239. The molecular formula is C6H4N2OS. The molecule has 0 amide bonds. The molecule has 10 heavy (non-hydrogen) atoms. The lowest BCUT2D eigenvalue weighted by Gasteiger charge is -1.76. The van der Waals surface area contributed by atoms with E-state index in [-0.39, 0.29) is 5.78 Å². The number of hydrogen-bond donors (Lipinski definition) is 0. The molecule has 0 radical (unpaired) electrons. The van der Waals surface area contributed by atoms with E-state index in [1.165, 1.54) is 11.3 Å². The van der Waals surface area contributed by atoms with E-state index in [0.717, 1.165) is 6.21 Å². The highest BCUT2D eigenvalue weighted by atomic mass is 32.1. The molecule has 3 nitrogen and oxygen atoms in total. The summed E-state index contributed by atoms with van der Waals surface area (Å²) in [4.78, 5) is 14.0. The van der Waals surface area contributed by atoms with Gasteiger partial charge in [0.1, 0.15) is 0 Å². The Morgan fingerprint density at radius 1 is 1.80 bits per heavy atom. The topological polar surface area (TPSA) is 53.5 Å². The molecule has 1 aromatic heterocycles. The predicted octanol–water partition coefficient (Wildman–Crippen LogP) is 1.23. The average molecular weight is 152 g/mol. The van der Waals surface area contributed by atoms with Gasteiger partial charge in [-0.2, -0.15) is 4.79 Å². The SMILES string of the molecule is [N-]=[N+]=CC(=O)c1cccs1. The summed E-state index contributed by atoms with van der Waals surface area (Å²) in [7, 11) is 0. The zero-order chi connectivity index (χ0) is 7.40. The van der Waals surface area contributed by atoms with Crippen molar-refractivity contribution >= 4 is 23.3 Å². The van der Waals surface area contributed by atoms with Crippen LogP contribution in [0.3, 0.4) is 0 Å². The second-order valence-electron chi connectivity index (χ2n) is 1.59. The van der Waals surface area contributed by atoms with Gasteiger partial charge in [0.2, 0.25) is 0 Å². The molecule has 0 aromatic carbocycles. The van der Waals surface area contributed by atoms with E-state index in [0.29, 0.717) is 4.88 Å². The Morgan fingerprint density at radius 2 is 2.60 bits per heavy atom. The Labute approximate surface area is 61.5 Å². The molecule has 0 saturated carbocycles. The smallest absolute Gasteiger partial charge is 0.328 e. The van der Waals surface area contributed by atoms with Crippen LogP contribution in [0.4, 0.5) is 0 Å². The molecule has 0 N–H and O–H groups in total. The minimum Gasteiger partial charge on any atom is -0.361 e. The maximum Gasteiger partial charge on any atom is 0.328 e. The van der Waals surface area contributed by atoms with Crippen molar-refractivity contribution in [2.75, 3.05) is 0 Å². The molecule has 0 fully saturated rings. The van der Waals surface area contributed by atoms with E-state index >= 15 is 0 Å². The van der Waals surface area contributed by atoms with Crippen molar-refractivity contribution in [3.63, 3.8) is 0 Å². The van der Waals surface area contributed by atoms with Gasteiger partial charge in [-0.05, 0) is 11.4 Å². The number of carbonyl (C=O) groups is 1. The normalized spacial score (nSPS) is 8.40. The summed E-state index contributed by atoms with van der Waals surface area (Å²) >= 11 is 1.32. The molecule has 0 aliphatic heterocycles. The molecule has 0 saturated heterocycles. The summed E-state index contributed by atoms with van der Waals surface area (Å²) in [6, 6.07) is 3.44. The van der Waals surface area contributed by atoms with Crippen molar-refractivity contribution in [1.82, 2.24) is 0 Å². The van der Waals surface area contributed by atoms with E-state index in [4.69, 9.17) is 5.53 Å². The van der Waals surface area contributed by atoms with Crippen molar-refractivity contribution in [2.45, 2.75) is 0 Å². The van der Waals surface area contributed by atoms with Gasteiger partial charge in [-0.1, -0.05) is 6.07 Å². The second kappa shape index (κ2) is 3.06. The zero-order valence-electron chi connectivity index (χ0n) is 5.02. The van der Waals surface area contributed by atoms with E-state index in [1.807, 2.05) is 0 Å². The molecule has 1 rings (SSSR count). The molecule has 0 unspecified atom stereocenters. The van der Waals surface area contributed by atoms with Crippen LogP contribution in [0.1, 0.15) is 9.67 Å². The maximum absolute atomic E-state index is 10.8. The molecule has 50 valence electrons. The summed E-state index contributed by atoms with van der Waals surface area (Å²) in [5.41, 5.74) is 7.99. The highest BCUT2D eigenvalue weighted by molar-refractivity contribution is 7.12. The van der Waals surface area contributed by atoms with Crippen molar-refractivity contribution in [3.05, 3.63) is 27.9 Å². The van der Waals surface area contributed by atoms with Crippen LogP contribution in [0.15, 0.2) is 17.5 Å². The third kappa shape index (κ3) is 1.37. The molecule has 4 heteroatoms. The van der Waals surface area contributed by atoms with Crippen LogP contribution in [-0.2, 0) is 0 Å². The van der Waals surface area contributed by atoms with Gasteiger partial charge in [0.15, 0.2) is 0 Å². The Bertz CT molecular complexity index is 272. The Balaban J connectivity index is 2.87. The van der Waals surface area contributed by atoms with Crippen LogP contribution in [0, 0.1) is 0 Å². The van der Waals surface area contributed by atoms with Gasteiger partial charge in [-0.15, -0.1) is 11.3 Å². The largest absolute Gasteiger partial charge is 0.361 e. The van der Waals surface area contributed by atoms with Gasteiger partial charge in [0, 0.05) is 0 Å². The molecule has 0 atom stereocenters. The maximum atomic E-state index is 10.8. The summed E-state index contributed by atoms with van der Waals surface area (Å²) < 4.78 is 0. The first-order chi connectivity index (χ1) is 4.84. The first-order valence-electron chi connectivity index (χ1n) is 2.60. The Hall–Kier alpha value is -1.25. The van der Waals surface area contributed by atoms with E-state index in [9.17, 15) is 4.79 Å². The number of Topliss-reactive ketones (excluding diaryl/α,β-unsaturated/α-hetero) is 1. The van der Waals surface area contributed by atoms with Crippen LogP contribution >= 0.6 is 11.3 Å². The van der Waals surface area contributed by atoms with Crippen LogP contribution in [0.5, 0.6) is 0 Å². The molecule has 0 bridgehead atoms. The van der Waals surface area contributed by atoms with Gasteiger partial charge in [0.25, 0.3) is 5.78 Å². The number of ketones is 1. The lowest BCUT2D eigenvalue weighted by atomic mass is 10.3. The van der Waals surface area contributed by atoms with Crippen molar-refractivity contribution < 1.29 is 9.58 Å². The minimum absolute atomic E-state index is 0.266. The summed E-state index contributed by atoms with van der Waals surface area (Å²) in [5.74, 6) is -0.266. The molecule has 0 spiro atoms. The fourth-order valence-corrected chi connectivity index (χ4v) is 1.16. The Kier molecular flexibility index (Phi) is 2.10. The predicted molar refractivity (Wildman–Crippen MR) is 38.3 cm³/mol. The molecule has 0 aliphatic rings. The highest BCUT2D eigenvalue weighted by Crippen LogP contribution is 2.07. The van der Waals surface area contributed by atoms with Gasteiger partial charge in [-0.25, -0.2) is 0 Å².